The van der Waals surface area contributed by atoms with E-state index in [-0.39, 0.29) is 5.75 Å². The Morgan fingerprint density at radius 2 is 2.06 bits per heavy atom. The minimum Gasteiger partial charge on any atom is -0.330 e. The number of nitrogens with two attached hydrogens (primary N) is 1. The van der Waals surface area contributed by atoms with Crippen LogP contribution in [0.15, 0.2) is 18.2 Å². The molecule has 0 fully saturated rings. The second kappa shape index (κ2) is 6.77. The Labute approximate surface area is 120 Å². The SMILES string of the molecule is NCCCCS(=O)(=O)Nc1cc(I)ccc1Cl. The summed E-state index contributed by atoms with van der Waals surface area (Å²) >= 11 is 8.01. The molecule has 96 valence electrons. The van der Waals surface area contributed by atoms with E-state index in [0.717, 1.165) is 3.57 Å². The third-order valence-corrected chi connectivity index (χ3v) is 4.42. The van der Waals surface area contributed by atoms with E-state index < -0.39 is 10.0 Å². The summed E-state index contributed by atoms with van der Waals surface area (Å²) < 4.78 is 26.9. The lowest BCUT2D eigenvalue weighted by Crippen LogP contribution is -2.17. The highest BCUT2D eigenvalue weighted by Gasteiger charge is 2.12. The number of benzene rings is 1. The third kappa shape index (κ3) is 5.41. The monoisotopic (exact) mass is 388 g/mol. The molecule has 0 aliphatic carbocycles. The summed E-state index contributed by atoms with van der Waals surface area (Å²) in [6.45, 7) is 0.500. The summed E-state index contributed by atoms with van der Waals surface area (Å²) in [7, 11) is -3.34. The molecule has 0 spiro atoms. The lowest BCUT2D eigenvalue weighted by molar-refractivity contribution is 0.597. The minimum absolute atomic E-state index is 0.0615. The number of sulfonamides is 1. The van der Waals surface area contributed by atoms with Crippen molar-refractivity contribution in [3.63, 3.8) is 0 Å². The second-order valence-corrected chi connectivity index (χ2v) is 7.04. The van der Waals surface area contributed by atoms with Gasteiger partial charge in [-0.15, -0.1) is 0 Å². The summed E-state index contributed by atoms with van der Waals surface area (Å²) in [4.78, 5) is 0. The largest absolute Gasteiger partial charge is 0.330 e. The first-order chi connectivity index (χ1) is 7.94. The molecule has 17 heavy (non-hydrogen) atoms. The van der Waals surface area contributed by atoms with Crippen LogP contribution in [0.1, 0.15) is 12.8 Å². The first-order valence-corrected chi connectivity index (χ1v) is 8.21. The standard InChI is InChI=1S/C10H14ClIN2O2S/c11-9-4-3-8(12)7-10(9)14-17(15,16)6-2-1-5-13/h3-4,7,14H,1-2,5-6,13H2. The van der Waals surface area contributed by atoms with Crippen molar-refractivity contribution in [3.8, 4) is 0 Å². The van der Waals surface area contributed by atoms with E-state index >= 15 is 0 Å². The molecule has 0 heterocycles. The quantitative estimate of drug-likeness (QED) is 0.581. The van der Waals surface area contributed by atoms with E-state index in [2.05, 4.69) is 27.3 Å². The minimum atomic E-state index is -3.34. The highest BCUT2D eigenvalue weighted by molar-refractivity contribution is 14.1. The number of nitrogens with one attached hydrogen (secondary N) is 1. The second-order valence-electron chi connectivity index (χ2n) is 3.54. The van der Waals surface area contributed by atoms with Crippen molar-refractivity contribution in [1.82, 2.24) is 0 Å². The molecule has 0 unspecified atom stereocenters. The molecule has 1 rings (SSSR count). The van der Waals surface area contributed by atoms with Gasteiger partial charge in [0.15, 0.2) is 0 Å². The maximum Gasteiger partial charge on any atom is 0.232 e. The number of unbranched alkanes of at least 4 members (excludes halogenated alkanes) is 1. The predicted octanol–water partition coefficient (Wildman–Crippen LogP) is 2.43. The van der Waals surface area contributed by atoms with E-state index in [0.29, 0.717) is 30.1 Å². The molecule has 0 atom stereocenters. The number of hydrogen-bond donors (Lipinski definition) is 2. The fraction of sp³-hybridized carbons (Fsp3) is 0.400. The van der Waals surface area contributed by atoms with Gasteiger partial charge < -0.3 is 5.73 Å². The zero-order valence-electron chi connectivity index (χ0n) is 9.12. The molecule has 3 N–H and O–H groups in total. The van der Waals surface area contributed by atoms with E-state index in [1.807, 2.05) is 6.07 Å². The Kier molecular flexibility index (Phi) is 5.98. The van der Waals surface area contributed by atoms with Gasteiger partial charge in [-0.05, 0) is 60.2 Å². The van der Waals surface area contributed by atoms with Crippen LogP contribution in [0, 0.1) is 3.57 Å². The normalized spacial score (nSPS) is 11.5. The fourth-order valence-corrected chi connectivity index (χ4v) is 3.13. The molecule has 0 amide bonds. The van der Waals surface area contributed by atoms with E-state index in [1.54, 1.807) is 12.1 Å². The number of hydrogen-bond acceptors (Lipinski definition) is 3. The third-order valence-electron chi connectivity index (χ3n) is 2.06. The summed E-state index contributed by atoms with van der Waals surface area (Å²) in [6.07, 6.45) is 1.24. The molecule has 0 aliphatic heterocycles. The van der Waals surface area contributed by atoms with Gasteiger partial charge in [0.1, 0.15) is 0 Å². The number of rotatable bonds is 6. The van der Waals surface area contributed by atoms with E-state index in [4.69, 9.17) is 17.3 Å². The molecule has 0 radical (unpaired) electrons. The first-order valence-electron chi connectivity index (χ1n) is 5.10. The van der Waals surface area contributed by atoms with Gasteiger partial charge in [-0.2, -0.15) is 0 Å². The smallest absolute Gasteiger partial charge is 0.232 e. The zero-order valence-corrected chi connectivity index (χ0v) is 12.8. The van der Waals surface area contributed by atoms with Crippen molar-refractivity contribution in [1.29, 1.82) is 0 Å². The van der Waals surface area contributed by atoms with Crippen molar-refractivity contribution in [2.75, 3.05) is 17.0 Å². The van der Waals surface area contributed by atoms with Crippen LogP contribution in [0.3, 0.4) is 0 Å². The van der Waals surface area contributed by atoms with Gasteiger partial charge in [0, 0.05) is 3.57 Å². The maximum absolute atomic E-state index is 11.7. The average Bonchev–Trinajstić information content (AvgIpc) is 2.23. The highest BCUT2D eigenvalue weighted by atomic mass is 127. The van der Waals surface area contributed by atoms with Crippen molar-refractivity contribution in [3.05, 3.63) is 26.8 Å². The molecular weight excluding hydrogens is 375 g/mol. The van der Waals surface area contributed by atoms with Crippen LogP contribution < -0.4 is 10.5 Å². The van der Waals surface area contributed by atoms with Crippen LogP contribution in [-0.2, 0) is 10.0 Å². The average molecular weight is 389 g/mol. The maximum atomic E-state index is 11.7. The van der Waals surface area contributed by atoms with Crippen molar-refractivity contribution >= 4 is 49.9 Å². The van der Waals surface area contributed by atoms with Crippen LogP contribution in [0.25, 0.3) is 0 Å². The summed E-state index contributed by atoms with van der Waals surface area (Å²) in [5.74, 6) is 0.0615. The van der Waals surface area contributed by atoms with Crippen LogP contribution in [-0.4, -0.2) is 20.7 Å². The topological polar surface area (TPSA) is 72.2 Å². The molecule has 0 aromatic heterocycles. The Morgan fingerprint density at radius 1 is 1.35 bits per heavy atom. The van der Waals surface area contributed by atoms with Gasteiger partial charge in [-0.1, -0.05) is 11.6 Å². The highest BCUT2D eigenvalue weighted by Crippen LogP contribution is 2.24. The lowest BCUT2D eigenvalue weighted by atomic mass is 10.3. The van der Waals surface area contributed by atoms with Gasteiger partial charge in [-0.25, -0.2) is 8.42 Å². The number of anilines is 1. The van der Waals surface area contributed by atoms with Gasteiger partial charge in [-0.3, -0.25) is 4.72 Å². The Bertz CT molecular complexity index is 479. The van der Waals surface area contributed by atoms with Crippen molar-refractivity contribution < 1.29 is 8.42 Å². The van der Waals surface area contributed by atoms with Crippen molar-refractivity contribution in [2.45, 2.75) is 12.8 Å². The molecule has 0 saturated carbocycles. The van der Waals surface area contributed by atoms with E-state index in [9.17, 15) is 8.42 Å². The Balaban J connectivity index is 2.72. The molecule has 1 aromatic rings. The van der Waals surface area contributed by atoms with E-state index in [1.165, 1.54) is 0 Å². The summed E-state index contributed by atoms with van der Waals surface area (Å²) in [5, 5.41) is 0.396. The Morgan fingerprint density at radius 3 is 2.71 bits per heavy atom. The van der Waals surface area contributed by atoms with Crippen molar-refractivity contribution in [2.24, 2.45) is 5.73 Å². The van der Waals surface area contributed by atoms with Crippen LogP contribution in [0.2, 0.25) is 5.02 Å². The Hall–Kier alpha value is -0.0500. The molecule has 1 aromatic carbocycles. The van der Waals surface area contributed by atoms with Gasteiger partial charge in [0.05, 0.1) is 16.5 Å². The lowest BCUT2D eigenvalue weighted by Gasteiger charge is -2.09. The predicted molar refractivity (Wildman–Crippen MR) is 79.9 cm³/mol. The van der Waals surface area contributed by atoms with Gasteiger partial charge >= 0.3 is 0 Å². The fourth-order valence-electron chi connectivity index (χ4n) is 1.23. The molecule has 0 bridgehead atoms. The molecule has 7 heteroatoms. The van der Waals surface area contributed by atoms with Crippen LogP contribution in [0.4, 0.5) is 5.69 Å². The summed E-state index contributed by atoms with van der Waals surface area (Å²) in [6, 6.07) is 5.18. The molecule has 4 nitrogen and oxygen atoms in total. The molecule has 0 saturated heterocycles. The summed E-state index contributed by atoms with van der Waals surface area (Å²) in [5.41, 5.74) is 5.74. The first kappa shape index (κ1) is 15.0. The van der Waals surface area contributed by atoms with Gasteiger partial charge in [0.2, 0.25) is 10.0 Å². The number of halogens is 2. The molecular formula is C10H14ClIN2O2S. The zero-order chi connectivity index (χ0) is 12.9. The van der Waals surface area contributed by atoms with Crippen LogP contribution in [0.5, 0.6) is 0 Å². The molecule has 0 aliphatic rings. The van der Waals surface area contributed by atoms with Crippen LogP contribution >= 0.6 is 34.2 Å². The van der Waals surface area contributed by atoms with Gasteiger partial charge in [0.25, 0.3) is 0 Å².